The summed E-state index contributed by atoms with van der Waals surface area (Å²) in [4.78, 5) is 11.9. The Balaban J connectivity index is 2.61. The van der Waals surface area contributed by atoms with Crippen LogP contribution in [-0.2, 0) is 11.3 Å². The zero-order chi connectivity index (χ0) is 12.7. The maximum atomic E-state index is 11.9. The van der Waals surface area contributed by atoms with E-state index in [0.717, 1.165) is 5.56 Å². The lowest BCUT2D eigenvalue weighted by Crippen LogP contribution is -2.27. The van der Waals surface area contributed by atoms with Crippen molar-refractivity contribution in [3.8, 4) is 0 Å². The van der Waals surface area contributed by atoms with E-state index in [9.17, 15) is 4.79 Å². The number of aliphatic hydroxyl groups is 1. The van der Waals surface area contributed by atoms with Gasteiger partial charge in [-0.25, -0.2) is 0 Å². The van der Waals surface area contributed by atoms with E-state index in [-0.39, 0.29) is 5.91 Å². The zero-order valence-electron chi connectivity index (χ0n) is 10.3. The fraction of sp³-hybridized carbons (Fsp3) is 0.462. The van der Waals surface area contributed by atoms with Gasteiger partial charge in [-0.05, 0) is 25.0 Å². The van der Waals surface area contributed by atoms with E-state index in [0.29, 0.717) is 25.1 Å². The van der Waals surface area contributed by atoms with E-state index < -0.39 is 6.10 Å². The van der Waals surface area contributed by atoms with Gasteiger partial charge in [0.1, 0.15) is 0 Å². The Morgan fingerprint density at radius 2 is 2.18 bits per heavy atom. The molecular formula is C13H19NO3. The molecule has 0 saturated heterocycles. The Bertz CT molecular complexity index is 363. The highest BCUT2D eigenvalue weighted by atomic mass is 16.5. The first-order valence-electron chi connectivity index (χ1n) is 5.68. The van der Waals surface area contributed by atoms with Crippen LogP contribution in [0.15, 0.2) is 24.3 Å². The van der Waals surface area contributed by atoms with Gasteiger partial charge in [-0.15, -0.1) is 0 Å². The highest BCUT2D eigenvalue weighted by molar-refractivity contribution is 5.95. The van der Waals surface area contributed by atoms with Gasteiger partial charge in [0.2, 0.25) is 0 Å². The summed E-state index contributed by atoms with van der Waals surface area (Å²) in [5.74, 6) is -0.127. The molecule has 0 aromatic heterocycles. The van der Waals surface area contributed by atoms with Crippen LogP contribution in [-0.4, -0.2) is 30.8 Å². The minimum Gasteiger partial charge on any atom is -0.393 e. The van der Waals surface area contributed by atoms with Crippen LogP contribution < -0.4 is 5.32 Å². The Labute approximate surface area is 102 Å². The van der Waals surface area contributed by atoms with Gasteiger partial charge in [-0.2, -0.15) is 0 Å². The molecule has 1 aromatic rings. The third-order valence-electron chi connectivity index (χ3n) is 2.41. The summed E-state index contributed by atoms with van der Waals surface area (Å²) in [7, 11) is 1.60. The Morgan fingerprint density at radius 1 is 1.47 bits per heavy atom. The van der Waals surface area contributed by atoms with Gasteiger partial charge in [0.05, 0.1) is 12.7 Å². The normalized spacial score (nSPS) is 12.2. The van der Waals surface area contributed by atoms with Crippen LogP contribution in [0.25, 0.3) is 0 Å². The topological polar surface area (TPSA) is 58.6 Å². The van der Waals surface area contributed by atoms with Crippen molar-refractivity contribution < 1.29 is 14.6 Å². The number of nitrogens with one attached hydrogen (secondary N) is 1. The molecule has 0 fully saturated rings. The number of aliphatic hydroxyl groups excluding tert-OH is 1. The first-order chi connectivity index (χ1) is 8.15. The number of ether oxygens (including phenoxy) is 1. The third kappa shape index (κ3) is 4.54. The van der Waals surface area contributed by atoms with E-state index in [2.05, 4.69) is 5.32 Å². The molecule has 0 heterocycles. The second-order valence-corrected chi connectivity index (χ2v) is 3.98. The number of amides is 1. The lowest BCUT2D eigenvalue weighted by Gasteiger charge is -2.10. The van der Waals surface area contributed by atoms with Crippen LogP contribution >= 0.6 is 0 Å². The number of rotatable bonds is 6. The van der Waals surface area contributed by atoms with Crippen molar-refractivity contribution in [1.29, 1.82) is 0 Å². The lowest BCUT2D eigenvalue weighted by molar-refractivity contribution is 0.0940. The van der Waals surface area contributed by atoms with Gasteiger partial charge >= 0.3 is 0 Å². The Hall–Kier alpha value is -1.39. The molecule has 4 heteroatoms. The molecule has 0 saturated carbocycles. The molecule has 1 amide bonds. The number of hydrogen-bond donors (Lipinski definition) is 2. The SMILES string of the molecule is COCc1ccccc1C(=O)NCCC(C)O. The molecule has 4 nitrogen and oxygen atoms in total. The molecule has 17 heavy (non-hydrogen) atoms. The molecule has 1 rings (SSSR count). The summed E-state index contributed by atoms with van der Waals surface area (Å²) in [5, 5.41) is 11.9. The third-order valence-corrected chi connectivity index (χ3v) is 2.41. The summed E-state index contributed by atoms with van der Waals surface area (Å²) >= 11 is 0. The van der Waals surface area contributed by atoms with E-state index in [1.807, 2.05) is 18.2 Å². The monoisotopic (exact) mass is 237 g/mol. The second kappa shape index (κ2) is 7.04. The van der Waals surface area contributed by atoms with Crippen molar-refractivity contribution in [2.45, 2.75) is 26.1 Å². The number of hydrogen-bond acceptors (Lipinski definition) is 3. The maximum Gasteiger partial charge on any atom is 0.251 e. The summed E-state index contributed by atoms with van der Waals surface area (Å²) in [5.41, 5.74) is 1.49. The molecule has 1 atom stereocenters. The number of carbonyl (C=O) groups excluding carboxylic acids is 1. The van der Waals surface area contributed by atoms with Crippen molar-refractivity contribution in [3.05, 3.63) is 35.4 Å². The summed E-state index contributed by atoms with van der Waals surface area (Å²) < 4.78 is 5.04. The molecule has 1 unspecified atom stereocenters. The predicted molar refractivity (Wildman–Crippen MR) is 65.8 cm³/mol. The van der Waals surface area contributed by atoms with Gasteiger partial charge in [0.25, 0.3) is 5.91 Å². The summed E-state index contributed by atoms with van der Waals surface area (Å²) in [6, 6.07) is 7.34. The van der Waals surface area contributed by atoms with E-state index in [1.54, 1.807) is 20.1 Å². The van der Waals surface area contributed by atoms with Gasteiger partial charge in [-0.3, -0.25) is 4.79 Å². The minimum absolute atomic E-state index is 0.127. The van der Waals surface area contributed by atoms with Crippen molar-refractivity contribution in [3.63, 3.8) is 0 Å². The number of benzene rings is 1. The van der Waals surface area contributed by atoms with Crippen molar-refractivity contribution in [1.82, 2.24) is 5.32 Å². The standard InChI is InChI=1S/C13H19NO3/c1-10(15)7-8-14-13(16)12-6-4-3-5-11(12)9-17-2/h3-6,10,15H,7-9H2,1-2H3,(H,14,16). The van der Waals surface area contributed by atoms with Crippen LogP contribution in [0, 0.1) is 0 Å². The van der Waals surface area contributed by atoms with Gasteiger partial charge < -0.3 is 15.2 Å². The van der Waals surface area contributed by atoms with Gasteiger partial charge in [0.15, 0.2) is 0 Å². The van der Waals surface area contributed by atoms with Crippen molar-refractivity contribution >= 4 is 5.91 Å². The van der Waals surface area contributed by atoms with Crippen LogP contribution in [0.2, 0.25) is 0 Å². The quantitative estimate of drug-likeness (QED) is 0.784. The maximum absolute atomic E-state index is 11.9. The number of methoxy groups -OCH3 is 1. The number of carbonyl (C=O) groups is 1. The molecule has 0 aliphatic rings. The molecular weight excluding hydrogens is 218 g/mol. The van der Waals surface area contributed by atoms with E-state index in [1.165, 1.54) is 0 Å². The highest BCUT2D eigenvalue weighted by Gasteiger charge is 2.10. The van der Waals surface area contributed by atoms with Crippen molar-refractivity contribution in [2.24, 2.45) is 0 Å². The molecule has 0 aliphatic carbocycles. The highest BCUT2D eigenvalue weighted by Crippen LogP contribution is 2.09. The van der Waals surface area contributed by atoms with Crippen LogP contribution in [0.5, 0.6) is 0 Å². The smallest absolute Gasteiger partial charge is 0.251 e. The summed E-state index contributed by atoms with van der Waals surface area (Å²) in [6.07, 6.45) is 0.155. The van der Waals surface area contributed by atoms with Gasteiger partial charge in [0, 0.05) is 19.2 Å². The predicted octanol–water partition coefficient (Wildman–Crippen LogP) is 1.33. The Morgan fingerprint density at radius 3 is 2.82 bits per heavy atom. The molecule has 0 spiro atoms. The van der Waals surface area contributed by atoms with Crippen LogP contribution in [0.3, 0.4) is 0 Å². The van der Waals surface area contributed by atoms with Crippen molar-refractivity contribution in [2.75, 3.05) is 13.7 Å². The first-order valence-corrected chi connectivity index (χ1v) is 5.68. The van der Waals surface area contributed by atoms with Crippen LogP contribution in [0.1, 0.15) is 29.3 Å². The fourth-order valence-electron chi connectivity index (χ4n) is 1.51. The second-order valence-electron chi connectivity index (χ2n) is 3.98. The Kier molecular flexibility index (Phi) is 5.66. The molecule has 2 N–H and O–H groups in total. The molecule has 94 valence electrons. The lowest BCUT2D eigenvalue weighted by atomic mass is 10.1. The molecule has 1 aromatic carbocycles. The molecule has 0 bridgehead atoms. The molecule has 0 aliphatic heterocycles. The fourth-order valence-corrected chi connectivity index (χ4v) is 1.51. The largest absolute Gasteiger partial charge is 0.393 e. The summed E-state index contributed by atoms with van der Waals surface area (Å²) in [6.45, 7) is 2.59. The van der Waals surface area contributed by atoms with Gasteiger partial charge in [-0.1, -0.05) is 18.2 Å². The average molecular weight is 237 g/mol. The molecule has 0 radical (unpaired) electrons. The zero-order valence-corrected chi connectivity index (χ0v) is 10.3. The first kappa shape index (κ1) is 13.7. The van der Waals surface area contributed by atoms with Crippen LogP contribution in [0.4, 0.5) is 0 Å². The average Bonchev–Trinajstić information content (AvgIpc) is 2.29. The van der Waals surface area contributed by atoms with E-state index in [4.69, 9.17) is 9.84 Å². The van der Waals surface area contributed by atoms with E-state index >= 15 is 0 Å². The minimum atomic E-state index is -0.399.